The smallest absolute Gasteiger partial charge is 0.248 e. The normalized spacial score (nSPS) is 18.1. The number of amides is 1. The Bertz CT molecular complexity index is 906. The zero-order valence-corrected chi connectivity index (χ0v) is 16.8. The van der Waals surface area contributed by atoms with E-state index in [1.807, 2.05) is 26.1 Å². The first-order valence-electron chi connectivity index (χ1n) is 10.1. The van der Waals surface area contributed by atoms with Gasteiger partial charge in [0, 0.05) is 44.2 Å². The van der Waals surface area contributed by atoms with E-state index in [0.717, 1.165) is 54.1 Å². The van der Waals surface area contributed by atoms with Crippen LogP contribution < -0.4 is 10.2 Å². The monoisotopic (exact) mass is 400 g/mol. The van der Waals surface area contributed by atoms with Crippen LogP contribution >= 0.6 is 0 Å². The summed E-state index contributed by atoms with van der Waals surface area (Å²) in [5.74, 6) is -2.53. The maximum atomic E-state index is 13.0. The zero-order chi connectivity index (χ0) is 20.6. The van der Waals surface area contributed by atoms with Gasteiger partial charge in [-0.25, -0.2) is 13.8 Å². The molecule has 0 unspecified atom stereocenters. The summed E-state index contributed by atoms with van der Waals surface area (Å²) in [5.41, 5.74) is 5.08. The van der Waals surface area contributed by atoms with Crippen LogP contribution in [0.25, 0.3) is 0 Å². The lowest BCUT2D eigenvalue weighted by atomic mass is 9.79. The van der Waals surface area contributed by atoms with E-state index in [9.17, 15) is 13.6 Å². The van der Waals surface area contributed by atoms with Crippen LogP contribution in [0.5, 0.6) is 0 Å². The first kappa shape index (κ1) is 19.7. The van der Waals surface area contributed by atoms with Gasteiger partial charge in [0.15, 0.2) is 0 Å². The molecule has 0 spiro atoms. The van der Waals surface area contributed by atoms with Gasteiger partial charge in [0.1, 0.15) is 5.82 Å². The second-order valence-electron chi connectivity index (χ2n) is 8.34. The highest BCUT2D eigenvalue weighted by atomic mass is 19.3. The Morgan fingerprint density at radius 2 is 2.10 bits per heavy atom. The molecule has 2 aliphatic rings. The number of aromatic nitrogens is 2. The molecule has 0 aromatic carbocycles. The van der Waals surface area contributed by atoms with E-state index < -0.39 is 5.92 Å². The molecule has 1 fully saturated rings. The summed E-state index contributed by atoms with van der Waals surface area (Å²) in [6, 6.07) is 6.17. The SMILES string of the molecule is Cc1ccc(CN2CCCc3nc(NC(=O)CC4CC(F)(F)C4)c(C)cc32)cn1. The molecule has 1 N–H and O–H groups in total. The summed E-state index contributed by atoms with van der Waals surface area (Å²) >= 11 is 0. The minimum Gasteiger partial charge on any atom is -0.366 e. The molecule has 0 bridgehead atoms. The average Bonchev–Trinajstić information content (AvgIpc) is 2.63. The molecular formula is C22H26F2N4O. The number of alkyl halides is 2. The van der Waals surface area contributed by atoms with Crippen LogP contribution in [0.15, 0.2) is 24.4 Å². The number of pyridine rings is 2. The quantitative estimate of drug-likeness (QED) is 0.807. The number of carbonyl (C=O) groups is 1. The molecule has 1 aliphatic carbocycles. The average molecular weight is 400 g/mol. The molecule has 2 aromatic rings. The van der Waals surface area contributed by atoms with Crippen molar-refractivity contribution in [1.82, 2.24) is 9.97 Å². The molecule has 5 nitrogen and oxygen atoms in total. The van der Waals surface area contributed by atoms with E-state index in [-0.39, 0.29) is 31.1 Å². The van der Waals surface area contributed by atoms with Gasteiger partial charge in [0.05, 0.1) is 11.4 Å². The lowest BCUT2D eigenvalue weighted by molar-refractivity contribution is -0.129. The zero-order valence-electron chi connectivity index (χ0n) is 16.8. The van der Waals surface area contributed by atoms with Crippen LogP contribution in [0.3, 0.4) is 0 Å². The molecule has 0 saturated heterocycles. The fraction of sp³-hybridized carbons (Fsp3) is 0.500. The van der Waals surface area contributed by atoms with E-state index in [2.05, 4.69) is 27.3 Å². The van der Waals surface area contributed by atoms with Crippen LogP contribution in [0.1, 0.15) is 48.2 Å². The van der Waals surface area contributed by atoms with Gasteiger partial charge < -0.3 is 10.2 Å². The van der Waals surface area contributed by atoms with Gasteiger partial charge in [-0.2, -0.15) is 0 Å². The summed E-state index contributed by atoms with van der Waals surface area (Å²) in [7, 11) is 0. The van der Waals surface area contributed by atoms with Crippen LogP contribution in [0.2, 0.25) is 0 Å². The van der Waals surface area contributed by atoms with E-state index in [4.69, 9.17) is 4.98 Å². The van der Waals surface area contributed by atoms with Crippen molar-refractivity contribution in [1.29, 1.82) is 0 Å². The molecule has 29 heavy (non-hydrogen) atoms. The van der Waals surface area contributed by atoms with Crippen molar-refractivity contribution in [3.05, 3.63) is 46.9 Å². The van der Waals surface area contributed by atoms with E-state index >= 15 is 0 Å². The fourth-order valence-corrected chi connectivity index (χ4v) is 4.13. The van der Waals surface area contributed by atoms with Gasteiger partial charge in [0.25, 0.3) is 0 Å². The second kappa shape index (κ2) is 7.69. The molecule has 1 amide bonds. The van der Waals surface area contributed by atoms with E-state index in [1.54, 1.807) is 0 Å². The number of hydrogen-bond acceptors (Lipinski definition) is 4. The number of hydrogen-bond donors (Lipinski definition) is 1. The van der Waals surface area contributed by atoms with Crippen LogP contribution in [-0.4, -0.2) is 28.3 Å². The molecule has 7 heteroatoms. The number of rotatable bonds is 5. The number of halogens is 2. The Morgan fingerprint density at radius 1 is 1.31 bits per heavy atom. The maximum Gasteiger partial charge on any atom is 0.248 e. The first-order valence-corrected chi connectivity index (χ1v) is 10.1. The number of carbonyl (C=O) groups excluding carboxylic acids is 1. The van der Waals surface area contributed by atoms with Crippen LogP contribution in [-0.2, 0) is 17.8 Å². The van der Waals surface area contributed by atoms with Crippen molar-refractivity contribution in [2.24, 2.45) is 5.92 Å². The van der Waals surface area contributed by atoms with Crippen molar-refractivity contribution < 1.29 is 13.6 Å². The van der Waals surface area contributed by atoms with Crippen molar-refractivity contribution in [3.8, 4) is 0 Å². The second-order valence-corrected chi connectivity index (χ2v) is 8.34. The molecule has 1 saturated carbocycles. The topological polar surface area (TPSA) is 58.1 Å². The highest BCUT2D eigenvalue weighted by Crippen LogP contribution is 2.44. The minimum atomic E-state index is -2.60. The first-order chi connectivity index (χ1) is 13.8. The molecular weight excluding hydrogens is 374 g/mol. The van der Waals surface area contributed by atoms with Gasteiger partial charge in [-0.05, 0) is 55.9 Å². The predicted molar refractivity (Wildman–Crippen MR) is 108 cm³/mol. The highest BCUT2D eigenvalue weighted by Gasteiger charge is 2.45. The van der Waals surface area contributed by atoms with Crippen LogP contribution in [0, 0.1) is 19.8 Å². The molecule has 154 valence electrons. The summed E-state index contributed by atoms with van der Waals surface area (Å²) in [4.78, 5) is 23.6. The summed E-state index contributed by atoms with van der Waals surface area (Å²) < 4.78 is 26.0. The molecule has 0 atom stereocenters. The van der Waals surface area contributed by atoms with Crippen molar-refractivity contribution >= 4 is 17.4 Å². The van der Waals surface area contributed by atoms with Crippen LogP contribution in [0.4, 0.5) is 20.3 Å². The minimum absolute atomic E-state index is 0.125. The Hall–Kier alpha value is -2.57. The molecule has 2 aromatic heterocycles. The summed E-state index contributed by atoms with van der Waals surface area (Å²) in [5, 5.41) is 2.83. The standard InChI is InChI=1S/C22H26F2N4O/c1-14-8-19-18(4-3-7-28(19)13-16-6-5-15(2)25-12-16)26-21(14)27-20(29)9-17-10-22(23,24)11-17/h5-6,8,12,17H,3-4,7,9-11,13H2,1-2H3,(H,26,27,29). The fourth-order valence-electron chi connectivity index (χ4n) is 4.13. The summed E-state index contributed by atoms with van der Waals surface area (Å²) in [6.07, 6.45) is 3.49. The van der Waals surface area contributed by atoms with Gasteiger partial charge in [-0.1, -0.05) is 6.07 Å². The number of nitrogens with one attached hydrogen (secondary N) is 1. The van der Waals surface area contributed by atoms with Gasteiger partial charge in [-0.3, -0.25) is 9.78 Å². The Kier molecular flexibility index (Phi) is 5.23. The lowest BCUT2D eigenvalue weighted by Gasteiger charge is -2.34. The van der Waals surface area contributed by atoms with E-state index in [1.165, 1.54) is 0 Å². The molecule has 0 radical (unpaired) electrons. The van der Waals surface area contributed by atoms with Gasteiger partial charge >= 0.3 is 0 Å². The maximum absolute atomic E-state index is 13.0. The van der Waals surface area contributed by atoms with Crippen molar-refractivity contribution in [2.75, 3.05) is 16.8 Å². The largest absolute Gasteiger partial charge is 0.366 e. The van der Waals surface area contributed by atoms with Gasteiger partial charge in [0.2, 0.25) is 11.8 Å². The van der Waals surface area contributed by atoms with Crippen molar-refractivity contribution in [2.45, 2.75) is 58.4 Å². The van der Waals surface area contributed by atoms with E-state index in [0.29, 0.717) is 5.82 Å². The Morgan fingerprint density at radius 3 is 2.79 bits per heavy atom. The van der Waals surface area contributed by atoms with Crippen molar-refractivity contribution in [3.63, 3.8) is 0 Å². The third-order valence-electron chi connectivity index (χ3n) is 5.70. The highest BCUT2D eigenvalue weighted by molar-refractivity contribution is 5.91. The van der Waals surface area contributed by atoms with Gasteiger partial charge in [-0.15, -0.1) is 0 Å². The molecule has 4 rings (SSSR count). The Balaban J connectivity index is 1.45. The molecule has 1 aliphatic heterocycles. The number of nitrogens with zero attached hydrogens (tertiary/aromatic N) is 3. The number of fused-ring (bicyclic) bond motifs is 1. The number of anilines is 2. The number of aryl methyl sites for hydroxylation is 3. The third kappa shape index (κ3) is 4.54. The third-order valence-corrected chi connectivity index (χ3v) is 5.70. The summed E-state index contributed by atoms with van der Waals surface area (Å²) in [6.45, 7) is 5.60. The lowest BCUT2D eigenvalue weighted by Crippen LogP contribution is -2.37. The Labute approximate surface area is 169 Å². The molecule has 3 heterocycles. The predicted octanol–water partition coefficient (Wildman–Crippen LogP) is 4.42.